The minimum atomic E-state index is 0.162. The fourth-order valence-corrected chi connectivity index (χ4v) is 5.04. The highest BCUT2D eigenvalue weighted by Crippen LogP contribution is 2.59. The van der Waals surface area contributed by atoms with Gasteiger partial charge >= 0.3 is 0 Å². The maximum absolute atomic E-state index is 13.4. The summed E-state index contributed by atoms with van der Waals surface area (Å²) in [5, 5.41) is 2.31. The molecule has 2 unspecified atom stereocenters. The second-order valence-electron chi connectivity index (χ2n) is 9.46. The van der Waals surface area contributed by atoms with Crippen molar-refractivity contribution in [1.29, 1.82) is 0 Å². The van der Waals surface area contributed by atoms with Gasteiger partial charge in [0.2, 0.25) is 0 Å². The molecule has 0 radical (unpaired) electrons. The first-order valence-electron chi connectivity index (χ1n) is 10.3. The molecule has 5 rings (SSSR count). The summed E-state index contributed by atoms with van der Waals surface area (Å²) in [5.41, 5.74) is 2.69. The Labute approximate surface area is 163 Å². The van der Waals surface area contributed by atoms with Crippen LogP contribution in [0.5, 0.6) is 0 Å². The largest absolute Gasteiger partial charge is 0.334 e. The number of hydrogen-bond acceptors (Lipinski definition) is 1. The van der Waals surface area contributed by atoms with Crippen molar-refractivity contribution in [3.63, 3.8) is 0 Å². The molecule has 2 aromatic carbocycles. The van der Waals surface area contributed by atoms with Gasteiger partial charge in [-0.2, -0.15) is 0 Å². The average Bonchev–Trinajstić information content (AvgIpc) is 2.66. The molecule has 0 aromatic heterocycles. The molecule has 0 aliphatic heterocycles. The molecule has 27 heavy (non-hydrogen) atoms. The molecule has 3 aliphatic rings. The van der Waals surface area contributed by atoms with E-state index in [-0.39, 0.29) is 5.91 Å². The smallest absolute Gasteiger partial charge is 0.254 e. The normalized spacial score (nSPS) is 23.1. The van der Waals surface area contributed by atoms with Gasteiger partial charge in [0.15, 0.2) is 0 Å². The highest BCUT2D eigenvalue weighted by molar-refractivity contribution is 5.98. The van der Waals surface area contributed by atoms with Crippen LogP contribution in [0.3, 0.4) is 0 Å². The van der Waals surface area contributed by atoms with Crippen LogP contribution in [0.2, 0.25) is 0 Å². The topological polar surface area (TPSA) is 20.3 Å². The zero-order valence-corrected chi connectivity index (χ0v) is 17.0. The van der Waals surface area contributed by atoms with Crippen LogP contribution in [0.4, 0.5) is 0 Å². The molecule has 2 aromatic rings. The van der Waals surface area contributed by atoms with Gasteiger partial charge in [-0.25, -0.2) is 0 Å². The van der Waals surface area contributed by atoms with Crippen LogP contribution in [-0.2, 0) is 0 Å². The summed E-state index contributed by atoms with van der Waals surface area (Å²) in [5.74, 6) is 2.10. The van der Waals surface area contributed by atoms with E-state index in [1.165, 1.54) is 23.8 Å². The van der Waals surface area contributed by atoms with E-state index < -0.39 is 0 Å². The van der Waals surface area contributed by atoms with Gasteiger partial charge in [-0.05, 0) is 58.9 Å². The van der Waals surface area contributed by atoms with Crippen LogP contribution < -0.4 is 0 Å². The fourth-order valence-electron chi connectivity index (χ4n) is 5.04. The molecule has 1 amide bonds. The molecule has 2 bridgehead atoms. The first-order chi connectivity index (χ1) is 12.9. The summed E-state index contributed by atoms with van der Waals surface area (Å²) in [6, 6.07) is 14.3. The lowest BCUT2D eigenvalue weighted by molar-refractivity contribution is -0.0105. The molecule has 1 fully saturated rings. The molecule has 0 heterocycles. The van der Waals surface area contributed by atoms with Crippen molar-refractivity contribution < 1.29 is 4.79 Å². The second kappa shape index (κ2) is 6.82. The number of carbonyl (C=O) groups is 1. The first-order valence-corrected chi connectivity index (χ1v) is 10.3. The summed E-state index contributed by atoms with van der Waals surface area (Å²) >= 11 is 0. The maximum Gasteiger partial charge on any atom is 0.254 e. The van der Waals surface area contributed by atoms with Crippen LogP contribution >= 0.6 is 0 Å². The van der Waals surface area contributed by atoms with Gasteiger partial charge in [-0.1, -0.05) is 69.7 Å². The zero-order chi connectivity index (χ0) is 19.2. The Morgan fingerprint density at radius 3 is 2.56 bits per heavy atom. The number of carbonyl (C=O) groups excluding carboxylic acids is 1. The standard InChI is InChI=1S/C25H31NO/c1-17(2)15-26(16-21-11-12-22-14-23(21)25(22,3)4)24(27)20-10-9-18-7-5-6-8-19(18)13-20/h5-11,13,17,22-23H,12,14-16H2,1-4H3. The highest BCUT2D eigenvalue weighted by atomic mass is 16.2. The Hall–Kier alpha value is -2.09. The second-order valence-corrected chi connectivity index (χ2v) is 9.46. The van der Waals surface area contributed by atoms with Crippen molar-refractivity contribution in [3.8, 4) is 0 Å². The Balaban J connectivity index is 1.59. The Bertz CT molecular complexity index is 892. The van der Waals surface area contributed by atoms with Crippen LogP contribution in [0.25, 0.3) is 10.8 Å². The maximum atomic E-state index is 13.4. The Morgan fingerprint density at radius 2 is 1.89 bits per heavy atom. The minimum absolute atomic E-state index is 0.162. The quantitative estimate of drug-likeness (QED) is 0.604. The minimum Gasteiger partial charge on any atom is -0.334 e. The van der Waals surface area contributed by atoms with Crippen molar-refractivity contribution >= 4 is 16.7 Å². The number of allylic oxidation sites excluding steroid dienone is 1. The van der Waals surface area contributed by atoms with Crippen LogP contribution in [-0.4, -0.2) is 23.9 Å². The molecule has 0 saturated heterocycles. The Morgan fingerprint density at radius 1 is 1.15 bits per heavy atom. The van der Waals surface area contributed by atoms with E-state index in [1.54, 1.807) is 0 Å². The van der Waals surface area contributed by atoms with Gasteiger partial charge in [0.25, 0.3) is 5.91 Å². The number of rotatable bonds is 5. The molecule has 2 heteroatoms. The van der Waals surface area contributed by atoms with Crippen molar-refractivity contribution in [3.05, 3.63) is 59.7 Å². The molecular formula is C25H31NO. The summed E-state index contributed by atoms with van der Waals surface area (Å²) in [6.07, 6.45) is 4.90. The summed E-state index contributed by atoms with van der Waals surface area (Å²) in [7, 11) is 0. The van der Waals surface area contributed by atoms with Crippen molar-refractivity contribution in [2.45, 2.75) is 40.5 Å². The first kappa shape index (κ1) is 18.3. The van der Waals surface area contributed by atoms with Crippen LogP contribution in [0.1, 0.15) is 50.9 Å². The van der Waals surface area contributed by atoms with Crippen molar-refractivity contribution in [2.24, 2.45) is 23.2 Å². The van der Waals surface area contributed by atoms with E-state index in [0.717, 1.165) is 30.0 Å². The van der Waals surface area contributed by atoms with Gasteiger partial charge < -0.3 is 4.90 Å². The van der Waals surface area contributed by atoms with Gasteiger partial charge in [-0.15, -0.1) is 0 Å². The van der Waals surface area contributed by atoms with Crippen molar-refractivity contribution in [2.75, 3.05) is 13.1 Å². The van der Waals surface area contributed by atoms with E-state index >= 15 is 0 Å². The van der Waals surface area contributed by atoms with E-state index in [1.807, 2.05) is 24.3 Å². The van der Waals surface area contributed by atoms with Gasteiger partial charge in [-0.3, -0.25) is 4.79 Å². The van der Waals surface area contributed by atoms with Gasteiger partial charge in [0, 0.05) is 18.7 Å². The van der Waals surface area contributed by atoms with Crippen LogP contribution in [0, 0.1) is 23.2 Å². The molecule has 0 N–H and O–H groups in total. The lowest BCUT2D eigenvalue weighted by atomic mass is 9.49. The monoisotopic (exact) mass is 361 g/mol. The number of fused-ring (bicyclic) bond motifs is 2. The molecule has 2 nitrogen and oxygen atoms in total. The molecule has 3 aliphatic carbocycles. The summed E-state index contributed by atoms with van der Waals surface area (Å²) in [6.45, 7) is 10.8. The van der Waals surface area contributed by atoms with Gasteiger partial charge in [0.05, 0.1) is 0 Å². The predicted octanol–water partition coefficient (Wildman–Crippen LogP) is 5.93. The predicted molar refractivity (Wildman–Crippen MR) is 113 cm³/mol. The third-order valence-corrected chi connectivity index (χ3v) is 6.83. The number of benzene rings is 2. The molecule has 142 valence electrons. The third kappa shape index (κ3) is 3.31. The van der Waals surface area contributed by atoms with E-state index in [4.69, 9.17) is 0 Å². The van der Waals surface area contributed by atoms with E-state index in [0.29, 0.717) is 17.3 Å². The fraction of sp³-hybridized carbons (Fsp3) is 0.480. The number of nitrogens with zero attached hydrogens (tertiary/aromatic N) is 1. The van der Waals surface area contributed by atoms with Gasteiger partial charge in [0.1, 0.15) is 0 Å². The summed E-state index contributed by atoms with van der Waals surface area (Å²) < 4.78 is 0. The molecule has 1 saturated carbocycles. The van der Waals surface area contributed by atoms with Crippen molar-refractivity contribution in [1.82, 2.24) is 4.90 Å². The van der Waals surface area contributed by atoms with E-state index in [2.05, 4.69) is 56.9 Å². The SMILES string of the molecule is CC(C)CN(CC1=CCC2CC1C2(C)C)C(=O)c1ccc2ccccc2c1. The number of amides is 1. The lowest BCUT2D eigenvalue weighted by Crippen LogP contribution is -2.50. The molecule has 2 atom stereocenters. The third-order valence-electron chi connectivity index (χ3n) is 6.83. The molecule has 0 spiro atoms. The zero-order valence-electron chi connectivity index (χ0n) is 17.0. The Kier molecular flexibility index (Phi) is 4.61. The van der Waals surface area contributed by atoms with E-state index in [9.17, 15) is 4.79 Å². The highest BCUT2D eigenvalue weighted by Gasteiger charge is 2.51. The molecular weight excluding hydrogens is 330 g/mol. The van der Waals surface area contributed by atoms with Crippen LogP contribution in [0.15, 0.2) is 54.1 Å². The lowest BCUT2D eigenvalue weighted by Gasteiger charge is -2.57. The summed E-state index contributed by atoms with van der Waals surface area (Å²) in [4.78, 5) is 15.5. The number of hydrogen-bond donors (Lipinski definition) is 0. The average molecular weight is 362 g/mol.